The van der Waals surface area contributed by atoms with Gasteiger partial charge < -0.3 is 9.88 Å². The lowest BCUT2D eigenvalue weighted by molar-refractivity contribution is -0.113. The summed E-state index contributed by atoms with van der Waals surface area (Å²) in [7, 11) is 0. The number of benzene rings is 1. The number of aromatic nitrogens is 4. The zero-order valence-corrected chi connectivity index (χ0v) is 19.0. The molecule has 0 aliphatic rings. The standard InChI is InChI=1S/C19H20ClN5OS3/c1-3-8-25-16(11-27-10-14-6-4-5-7-15(14)20)23-24-19(25)29-12-17(26)22-18-21-13(2)9-28-18/h3-7,9H,1,8,10-12H2,2H3,(H,21,22,26). The predicted molar refractivity (Wildman–Crippen MR) is 123 cm³/mol. The number of anilines is 1. The number of allylic oxidation sites excluding steroid dienone is 1. The van der Waals surface area contributed by atoms with Crippen LogP contribution in [0.5, 0.6) is 0 Å². The van der Waals surface area contributed by atoms with Gasteiger partial charge in [-0.1, -0.05) is 47.6 Å². The Morgan fingerprint density at radius 3 is 2.90 bits per heavy atom. The third-order valence-corrected chi connectivity index (χ3v) is 6.94. The second-order valence-corrected chi connectivity index (χ2v) is 9.21. The molecule has 0 unspecified atom stereocenters. The number of hydrogen-bond acceptors (Lipinski definition) is 7. The molecule has 0 spiro atoms. The number of thiazole rings is 1. The van der Waals surface area contributed by atoms with Crippen molar-refractivity contribution in [2.45, 2.75) is 30.1 Å². The Morgan fingerprint density at radius 1 is 1.34 bits per heavy atom. The molecule has 0 saturated heterocycles. The van der Waals surface area contributed by atoms with Gasteiger partial charge in [0.2, 0.25) is 5.91 Å². The maximum absolute atomic E-state index is 12.2. The zero-order valence-electron chi connectivity index (χ0n) is 15.8. The quantitative estimate of drug-likeness (QED) is 0.333. The highest BCUT2D eigenvalue weighted by Crippen LogP contribution is 2.25. The van der Waals surface area contributed by atoms with Gasteiger partial charge in [0.1, 0.15) is 5.82 Å². The van der Waals surface area contributed by atoms with Crippen molar-refractivity contribution >= 4 is 57.5 Å². The van der Waals surface area contributed by atoms with Crippen LogP contribution in [-0.4, -0.2) is 31.4 Å². The van der Waals surface area contributed by atoms with Crippen LogP contribution in [0.3, 0.4) is 0 Å². The molecule has 10 heteroatoms. The maximum Gasteiger partial charge on any atom is 0.236 e. The summed E-state index contributed by atoms with van der Waals surface area (Å²) in [6.07, 6.45) is 1.80. The van der Waals surface area contributed by atoms with Crippen LogP contribution in [0, 0.1) is 6.92 Å². The highest BCUT2D eigenvalue weighted by atomic mass is 35.5. The molecule has 2 heterocycles. The number of carbonyl (C=O) groups excluding carboxylic acids is 1. The van der Waals surface area contributed by atoms with Gasteiger partial charge >= 0.3 is 0 Å². The fourth-order valence-corrected chi connectivity index (χ4v) is 5.13. The highest BCUT2D eigenvalue weighted by Gasteiger charge is 2.14. The first-order valence-electron chi connectivity index (χ1n) is 8.75. The first-order chi connectivity index (χ1) is 14.1. The van der Waals surface area contributed by atoms with Crippen LogP contribution < -0.4 is 5.32 Å². The Balaban J connectivity index is 1.56. The molecular weight excluding hydrogens is 446 g/mol. The number of rotatable bonds is 10. The molecule has 29 heavy (non-hydrogen) atoms. The molecule has 0 radical (unpaired) electrons. The first-order valence-corrected chi connectivity index (χ1v) is 12.2. The van der Waals surface area contributed by atoms with Crippen molar-refractivity contribution in [2.75, 3.05) is 11.1 Å². The van der Waals surface area contributed by atoms with Crippen molar-refractivity contribution in [1.82, 2.24) is 19.7 Å². The smallest absolute Gasteiger partial charge is 0.236 e. The van der Waals surface area contributed by atoms with E-state index in [2.05, 4.69) is 27.1 Å². The lowest BCUT2D eigenvalue weighted by Gasteiger charge is -2.08. The van der Waals surface area contributed by atoms with Gasteiger partial charge in [-0.15, -0.1) is 39.9 Å². The van der Waals surface area contributed by atoms with Crippen LogP contribution in [0.2, 0.25) is 5.02 Å². The topological polar surface area (TPSA) is 72.7 Å². The third kappa shape index (κ3) is 6.33. The van der Waals surface area contributed by atoms with Crippen molar-refractivity contribution < 1.29 is 4.79 Å². The van der Waals surface area contributed by atoms with Gasteiger partial charge in [-0.25, -0.2) is 4.98 Å². The largest absolute Gasteiger partial charge is 0.301 e. The monoisotopic (exact) mass is 465 g/mol. The fourth-order valence-electron chi connectivity index (χ4n) is 2.41. The zero-order chi connectivity index (χ0) is 20.6. The summed E-state index contributed by atoms with van der Waals surface area (Å²) < 4.78 is 1.98. The number of nitrogens with one attached hydrogen (secondary N) is 1. The van der Waals surface area contributed by atoms with E-state index < -0.39 is 0 Å². The van der Waals surface area contributed by atoms with E-state index >= 15 is 0 Å². The minimum absolute atomic E-state index is 0.118. The Bertz CT molecular complexity index is 988. The molecule has 0 fully saturated rings. The Hall–Kier alpha value is -1.81. The van der Waals surface area contributed by atoms with Gasteiger partial charge in [-0.3, -0.25) is 4.79 Å². The van der Waals surface area contributed by atoms with Gasteiger partial charge in [-0.05, 0) is 18.6 Å². The van der Waals surface area contributed by atoms with Crippen molar-refractivity contribution in [3.63, 3.8) is 0 Å². The van der Waals surface area contributed by atoms with Crippen molar-refractivity contribution in [2.24, 2.45) is 0 Å². The number of halogens is 1. The molecule has 3 aromatic rings. The predicted octanol–water partition coefficient (Wildman–Crippen LogP) is 5.05. The fraction of sp³-hybridized carbons (Fsp3) is 0.263. The van der Waals surface area contributed by atoms with Crippen LogP contribution in [-0.2, 0) is 22.8 Å². The van der Waals surface area contributed by atoms with Crippen molar-refractivity contribution in [3.05, 3.63) is 64.4 Å². The number of hydrogen-bond donors (Lipinski definition) is 1. The molecule has 6 nitrogen and oxygen atoms in total. The maximum atomic E-state index is 12.2. The van der Waals surface area contributed by atoms with Crippen LogP contribution >= 0.6 is 46.5 Å². The molecule has 0 aliphatic carbocycles. The summed E-state index contributed by atoms with van der Waals surface area (Å²) in [5.74, 6) is 2.45. The van der Waals surface area contributed by atoms with Gasteiger partial charge in [-0.2, -0.15) is 0 Å². The van der Waals surface area contributed by atoms with E-state index in [9.17, 15) is 4.79 Å². The van der Waals surface area contributed by atoms with E-state index in [0.29, 0.717) is 22.6 Å². The molecule has 0 saturated carbocycles. The second-order valence-electron chi connectivity index (χ2n) is 6.01. The van der Waals surface area contributed by atoms with Crippen LogP contribution in [0.15, 0.2) is 47.5 Å². The van der Waals surface area contributed by atoms with E-state index in [1.165, 1.54) is 23.1 Å². The minimum Gasteiger partial charge on any atom is -0.301 e. The average molecular weight is 466 g/mol. The summed E-state index contributed by atoms with van der Waals surface area (Å²) in [6, 6.07) is 7.82. The van der Waals surface area contributed by atoms with Crippen molar-refractivity contribution in [3.8, 4) is 0 Å². The number of carbonyl (C=O) groups is 1. The lowest BCUT2D eigenvalue weighted by atomic mass is 10.2. The van der Waals surface area contributed by atoms with Gasteiger partial charge in [0, 0.05) is 22.7 Å². The molecule has 1 N–H and O–H groups in total. The Morgan fingerprint density at radius 2 is 2.17 bits per heavy atom. The van der Waals surface area contributed by atoms with Crippen LogP contribution in [0.1, 0.15) is 17.1 Å². The van der Waals surface area contributed by atoms with E-state index in [1.54, 1.807) is 17.8 Å². The molecule has 0 aliphatic heterocycles. The van der Waals surface area contributed by atoms with E-state index in [1.807, 2.05) is 41.1 Å². The Kier molecular flexibility index (Phi) is 8.17. The van der Waals surface area contributed by atoms with Crippen LogP contribution in [0.25, 0.3) is 0 Å². The second kappa shape index (κ2) is 10.8. The van der Waals surface area contributed by atoms with Gasteiger partial charge in [0.05, 0.1) is 17.2 Å². The molecule has 152 valence electrons. The molecule has 2 aromatic heterocycles. The van der Waals surface area contributed by atoms with E-state index in [4.69, 9.17) is 11.6 Å². The number of nitrogens with zero attached hydrogens (tertiary/aromatic N) is 4. The van der Waals surface area contributed by atoms with Crippen molar-refractivity contribution in [1.29, 1.82) is 0 Å². The SMILES string of the molecule is C=CCn1c(CSCc2ccccc2Cl)nnc1SCC(=O)Nc1nc(C)cs1. The van der Waals surface area contributed by atoms with Gasteiger partial charge in [0.15, 0.2) is 10.3 Å². The molecule has 1 amide bonds. The van der Waals surface area contributed by atoms with Crippen LogP contribution in [0.4, 0.5) is 5.13 Å². The Labute approximate surface area is 187 Å². The summed E-state index contributed by atoms with van der Waals surface area (Å²) in [5.41, 5.74) is 1.99. The normalized spacial score (nSPS) is 10.8. The van der Waals surface area contributed by atoms with E-state index in [0.717, 1.165) is 27.9 Å². The highest BCUT2D eigenvalue weighted by molar-refractivity contribution is 7.99. The first kappa shape index (κ1) is 21.9. The summed E-state index contributed by atoms with van der Waals surface area (Å²) in [6.45, 7) is 6.30. The summed E-state index contributed by atoms with van der Waals surface area (Å²) in [4.78, 5) is 16.4. The summed E-state index contributed by atoms with van der Waals surface area (Å²) >= 11 is 10.7. The average Bonchev–Trinajstić information content (AvgIpc) is 3.28. The summed E-state index contributed by atoms with van der Waals surface area (Å²) in [5, 5.41) is 15.3. The molecule has 0 atom stereocenters. The lowest BCUT2D eigenvalue weighted by Crippen LogP contribution is -2.14. The number of thioether (sulfide) groups is 2. The molecular formula is C19H20ClN5OS3. The third-order valence-electron chi connectivity index (χ3n) is 3.75. The van der Waals surface area contributed by atoms with Gasteiger partial charge in [0.25, 0.3) is 0 Å². The molecule has 1 aromatic carbocycles. The molecule has 3 rings (SSSR count). The minimum atomic E-state index is -0.118. The van der Waals surface area contributed by atoms with E-state index in [-0.39, 0.29) is 11.7 Å². The number of amides is 1. The molecule has 0 bridgehead atoms. The number of aryl methyl sites for hydroxylation is 1.